The van der Waals surface area contributed by atoms with Crippen molar-refractivity contribution in [1.29, 1.82) is 0 Å². The molecule has 0 aliphatic heterocycles. The molecule has 96 valence electrons. The molecular weight excluding hydrogens is 274 g/mol. The van der Waals surface area contributed by atoms with Crippen molar-refractivity contribution in [2.75, 3.05) is 23.8 Å². The molecule has 0 aromatic heterocycles. The Balaban J connectivity index is 2.54. The van der Waals surface area contributed by atoms with Gasteiger partial charge >= 0.3 is 0 Å². The molecule has 0 amide bonds. The first-order valence-corrected chi connectivity index (χ1v) is 7.51. The number of halogens is 1. The van der Waals surface area contributed by atoms with Crippen LogP contribution in [0.2, 0.25) is 0 Å². The molecule has 0 bridgehead atoms. The maximum atomic E-state index is 3.51. The van der Waals surface area contributed by atoms with Gasteiger partial charge in [-0.05, 0) is 44.2 Å². The Labute approximate surface area is 114 Å². The molecule has 0 aliphatic rings. The second kappa shape index (κ2) is 7.05. The van der Waals surface area contributed by atoms with Crippen molar-refractivity contribution in [3.63, 3.8) is 0 Å². The van der Waals surface area contributed by atoms with Crippen molar-refractivity contribution in [3.05, 3.63) is 29.3 Å². The molecule has 1 aromatic rings. The van der Waals surface area contributed by atoms with E-state index >= 15 is 0 Å². The van der Waals surface area contributed by atoms with E-state index in [0.29, 0.717) is 0 Å². The summed E-state index contributed by atoms with van der Waals surface area (Å²) in [6.45, 7) is 7.81. The molecule has 1 atom stereocenters. The SMILES string of the molecule is Cc1ccc(N(C)CCC(C)CCBr)c(C)c1. The van der Waals surface area contributed by atoms with Gasteiger partial charge in [0.2, 0.25) is 0 Å². The van der Waals surface area contributed by atoms with Crippen LogP contribution >= 0.6 is 15.9 Å². The number of anilines is 1. The lowest BCUT2D eigenvalue weighted by molar-refractivity contribution is 0.523. The van der Waals surface area contributed by atoms with Crippen molar-refractivity contribution in [3.8, 4) is 0 Å². The number of alkyl halides is 1. The molecule has 0 N–H and O–H groups in total. The van der Waals surface area contributed by atoms with Crippen LogP contribution in [0, 0.1) is 19.8 Å². The highest BCUT2D eigenvalue weighted by atomic mass is 79.9. The summed E-state index contributed by atoms with van der Waals surface area (Å²) in [6, 6.07) is 6.69. The second-order valence-corrected chi connectivity index (χ2v) is 5.88. The highest BCUT2D eigenvalue weighted by Gasteiger charge is 2.07. The summed E-state index contributed by atoms with van der Waals surface area (Å²) in [5, 5.41) is 1.11. The molecule has 0 heterocycles. The third-order valence-corrected chi connectivity index (χ3v) is 3.78. The van der Waals surface area contributed by atoms with Crippen LogP contribution in [-0.2, 0) is 0 Å². The van der Waals surface area contributed by atoms with E-state index in [9.17, 15) is 0 Å². The van der Waals surface area contributed by atoms with Crippen LogP contribution < -0.4 is 4.90 Å². The topological polar surface area (TPSA) is 3.24 Å². The molecule has 17 heavy (non-hydrogen) atoms. The zero-order valence-electron chi connectivity index (χ0n) is 11.5. The molecule has 1 rings (SSSR count). The van der Waals surface area contributed by atoms with E-state index in [1.807, 2.05) is 0 Å². The first-order valence-electron chi connectivity index (χ1n) is 6.39. The van der Waals surface area contributed by atoms with Crippen LogP contribution in [0.4, 0.5) is 5.69 Å². The molecule has 0 aliphatic carbocycles. The number of benzene rings is 1. The number of aryl methyl sites for hydroxylation is 2. The lowest BCUT2D eigenvalue weighted by Gasteiger charge is -2.23. The van der Waals surface area contributed by atoms with Gasteiger partial charge in [0.15, 0.2) is 0 Å². The molecule has 1 unspecified atom stereocenters. The van der Waals surface area contributed by atoms with Crippen LogP contribution in [0.1, 0.15) is 30.9 Å². The monoisotopic (exact) mass is 297 g/mol. The Morgan fingerprint density at radius 1 is 1.24 bits per heavy atom. The van der Waals surface area contributed by atoms with Crippen molar-refractivity contribution >= 4 is 21.6 Å². The van der Waals surface area contributed by atoms with Crippen molar-refractivity contribution in [2.24, 2.45) is 5.92 Å². The number of rotatable bonds is 6. The van der Waals surface area contributed by atoms with Gasteiger partial charge in [-0.15, -0.1) is 0 Å². The van der Waals surface area contributed by atoms with Gasteiger partial charge in [0, 0.05) is 24.6 Å². The van der Waals surface area contributed by atoms with Gasteiger partial charge in [-0.1, -0.05) is 40.5 Å². The van der Waals surface area contributed by atoms with Gasteiger partial charge in [-0.3, -0.25) is 0 Å². The Morgan fingerprint density at radius 2 is 1.94 bits per heavy atom. The van der Waals surface area contributed by atoms with Crippen LogP contribution in [0.25, 0.3) is 0 Å². The molecule has 0 fully saturated rings. The molecule has 2 heteroatoms. The summed E-state index contributed by atoms with van der Waals surface area (Å²) in [5.41, 5.74) is 4.08. The summed E-state index contributed by atoms with van der Waals surface area (Å²) in [7, 11) is 2.19. The molecule has 0 radical (unpaired) electrons. The van der Waals surface area contributed by atoms with Gasteiger partial charge in [0.25, 0.3) is 0 Å². The third kappa shape index (κ3) is 4.71. The fourth-order valence-electron chi connectivity index (χ4n) is 2.10. The average molecular weight is 298 g/mol. The maximum Gasteiger partial charge on any atom is 0.0393 e. The van der Waals surface area contributed by atoms with Crippen LogP contribution in [0.3, 0.4) is 0 Å². The molecule has 1 aromatic carbocycles. The van der Waals surface area contributed by atoms with E-state index in [1.54, 1.807) is 0 Å². The van der Waals surface area contributed by atoms with Crippen molar-refractivity contribution in [1.82, 2.24) is 0 Å². The van der Waals surface area contributed by atoms with Gasteiger partial charge in [0.05, 0.1) is 0 Å². The molecule has 0 saturated heterocycles. The summed E-state index contributed by atoms with van der Waals surface area (Å²) >= 11 is 3.51. The Hall–Kier alpha value is -0.500. The predicted octanol–water partition coefficient (Wildman–Crippen LogP) is 4.55. The first kappa shape index (κ1) is 14.6. The van der Waals surface area contributed by atoms with E-state index < -0.39 is 0 Å². The fraction of sp³-hybridized carbons (Fsp3) is 0.600. The van der Waals surface area contributed by atoms with Crippen molar-refractivity contribution < 1.29 is 0 Å². The fourth-order valence-corrected chi connectivity index (χ4v) is 2.88. The lowest BCUT2D eigenvalue weighted by atomic mass is 10.0. The van der Waals surface area contributed by atoms with Gasteiger partial charge in [0.1, 0.15) is 0 Å². The quantitative estimate of drug-likeness (QED) is 0.696. The van der Waals surface area contributed by atoms with E-state index in [2.05, 4.69) is 66.8 Å². The average Bonchev–Trinajstić information content (AvgIpc) is 2.26. The molecular formula is C15H24BrN. The van der Waals surface area contributed by atoms with Crippen LogP contribution in [-0.4, -0.2) is 18.9 Å². The Kier molecular flexibility index (Phi) is 6.04. The Bertz CT molecular complexity index is 349. The van der Waals surface area contributed by atoms with Crippen molar-refractivity contribution in [2.45, 2.75) is 33.6 Å². The Morgan fingerprint density at radius 3 is 2.53 bits per heavy atom. The minimum atomic E-state index is 0.794. The largest absolute Gasteiger partial charge is 0.374 e. The van der Waals surface area contributed by atoms with E-state index in [1.165, 1.54) is 29.7 Å². The second-order valence-electron chi connectivity index (χ2n) is 5.08. The predicted molar refractivity (Wildman–Crippen MR) is 81.4 cm³/mol. The van der Waals surface area contributed by atoms with E-state index in [0.717, 1.165) is 17.8 Å². The minimum absolute atomic E-state index is 0.794. The van der Waals surface area contributed by atoms with Gasteiger partial charge in [-0.25, -0.2) is 0 Å². The zero-order chi connectivity index (χ0) is 12.8. The van der Waals surface area contributed by atoms with E-state index in [-0.39, 0.29) is 0 Å². The minimum Gasteiger partial charge on any atom is -0.374 e. The smallest absolute Gasteiger partial charge is 0.0393 e. The first-order chi connectivity index (χ1) is 8.04. The normalized spacial score (nSPS) is 12.5. The molecule has 0 spiro atoms. The highest BCUT2D eigenvalue weighted by molar-refractivity contribution is 9.09. The van der Waals surface area contributed by atoms with Gasteiger partial charge < -0.3 is 4.90 Å². The van der Waals surface area contributed by atoms with Gasteiger partial charge in [-0.2, -0.15) is 0 Å². The van der Waals surface area contributed by atoms with E-state index in [4.69, 9.17) is 0 Å². The molecule has 1 nitrogen and oxygen atoms in total. The molecule has 0 saturated carbocycles. The summed E-state index contributed by atoms with van der Waals surface area (Å²) < 4.78 is 0. The van der Waals surface area contributed by atoms with Crippen LogP contribution in [0.5, 0.6) is 0 Å². The summed E-state index contributed by atoms with van der Waals surface area (Å²) in [6.07, 6.45) is 2.52. The van der Waals surface area contributed by atoms with Crippen LogP contribution in [0.15, 0.2) is 18.2 Å². The lowest BCUT2D eigenvalue weighted by Crippen LogP contribution is -2.21. The standard InChI is InChI=1S/C15H24BrN/c1-12(7-9-16)8-10-17(4)15-6-5-13(2)11-14(15)3/h5-6,11-12H,7-10H2,1-4H3. The number of nitrogens with zero attached hydrogens (tertiary/aromatic N) is 1. The summed E-state index contributed by atoms with van der Waals surface area (Å²) in [4.78, 5) is 2.37. The number of hydrogen-bond acceptors (Lipinski definition) is 1. The third-order valence-electron chi connectivity index (χ3n) is 3.32. The zero-order valence-corrected chi connectivity index (χ0v) is 13.0. The highest BCUT2D eigenvalue weighted by Crippen LogP contribution is 2.21. The maximum absolute atomic E-state index is 3.51. The summed E-state index contributed by atoms with van der Waals surface area (Å²) in [5.74, 6) is 0.794. The number of hydrogen-bond donors (Lipinski definition) is 0.